The quantitative estimate of drug-likeness (QED) is 0.542. The van der Waals surface area contributed by atoms with Crippen LogP contribution < -0.4 is 0 Å². The van der Waals surface area contributed by atoms with Gasteiger partial charge in [-0.25, -0.2) is 0 Å². The lowest BCUT2D eigenvalue weighted by molar-refractivity contribution is 0.101. The summed E-state index contributed by atoms with van der Waals surface area (Å²) >= 11 is 0. The predicted octanol–water partition coefficient (Wildman–Crippen LogP) is 1.66. The van der Waals surface area contributed by atoms with Gasteiger partial charge in [0.2, 0.25) is 11.6 Å². The zero-order valence-electron chi connectivity index (χ0n) is 9.03. The fourth-order valence-electron chi connectivity index (χ4n) is 1.24. The summed E-state index contributed by atoms with van der Waals surface area (Å²) in [6.07, 6.45) is 2.55. The highest BCUT2D eigenvalue weighted by atomic mass is 16.1. The summed E-state index contributed by atoms with van der Waals surface area (Å²) in [5.41, 5.74) is 0.778. The van der Waals surface area contributed by atoms with Crippen LogP contribution in [0.3, 0.4) is 0 Å². The van der Waals surface area contributed by atoms with Crippen LogP contribution in [0.5, 0.6) is 0 Å². The number of aromatic nitrogens is 3. The molecule has 4 heteroatoms. The van der Waals surface area contributed by atoms with Gasteiger partial charge in [0.1, 0.15) is 5.82 Å². The number of allylic oxidation sites excluding steroid dienone is 2. The molecule has 4 nitrogen and oxygen atoms in total. The lowest BCUT2D eigenvalue weighted by Crippen LogP contribution is -2.10. The minimum Gasteiger partial charge on any atom is -0.312 e. The molecule has 1 rings (SSSR count). The number of carbonyl (C=O) groups excluding carboxylic acids is 1. The van der Waals surface area contributed by atoms with Gasteiger partial charge in [0.15, 0.2) is 0 Å². The van der Waals surface area contributed by atoms with E-state index in [9.17, 15) is 4.79 Å². The van der Waals surface area contributed by atoms with Crippen LogP contribution in [0.1, 0.15) is 36.7 Å². The van der Waals surface area contributed by atoms with Crippen molar-refractivity contribution in [3.63, 3.8) is 0 Å². The van der Waals surface area contributed by atoms with Crippen molar-refractivity contribution >= 4 is 5.78 Å². The van der Waals surface area contributed by atoms with Gasteiger partial charge in [0.25, 0.3) is 0 Å². The van der Waals surface area contributed by atoms with E-state index >= 15 is 0 Å². The van der Waals surface area contributed by atoms with Crippen molar-refractivity contribution in [2.45, 2.75) is 27.2 Å². The Bertz CT molecular complexity index is 377. The van der Waals surface area contributed by atoms with E-state index in [4.69, 9.17) is 0 Å². The zero-order chi connectivity index (χ0) is 10.7. The predicted molar refractivity (Wildman–Crippen MR) is 54.1 cm³/mol. The third kappa shape index (κ3) is 1.73. The molecular formula is C10H15N3O. The molecular weight excluding hydrogens is 178 g/mol. The van der Waals surface area contributed by atoms with E-state index in [1.54, 1.807) is 11.6 Å². The SMILES string of the molecule is C/C=C(\CC)C(=O)c1nnc(C)n1C. The first kappa shape index (κ1) is 10.6. The molecule has 1 heterocycles. The van der Waals surface area contributed by atoms with Crippen molar-refractivity contribution in [2.75, 3.05) is 0 Å². The molecule has 0 aliphatic rings. The van der Waals surface area contributed by atoms with E-state index in [0.29, 0.717) is 5.82 Å². The Morgan fingerprint density at radius 2 is 2.14 bits per heavy atom. The molecule has 0 saturated heterocycles. The average Bonchev–Trinajstić information content (AvgIpc) is 2.49. The Balaban J connectivity index is 3.07. The van der Waals surface area contributed by atoms with Crippen molar-refractivity contribution < 1.29 is 4.79 Å². The average molecular weight is 193 g/mol. The third-order valence-corrected chi connectivity index (χ3v) is 2.32. The molecule has 76 valence electrons. The minimum absolute atomic E-state index is 0.0295. The molecule has 1 aromatic heterocycles. The molecule has 0 aliphatic carbocycles. The first-order valence-electron chi connectivity index (χ1n) is 4.67. The standard InChI is InChI=1S/C10H15N3O/c1-5-8(6-2)9(14)10-12-11-7(3)13(10)4/h5H,6H2,1-4H3/b8-5+. The Morgan fingerprint density at radius 3 is 2.50 bits per heavy atom. The summed E-state index contributed by atoms with van der Waals surface area (Å²) in [7, 11) is 1.80. The highest BCUT2D eigenvalue weighted by molar-refractivity contribution is 6.06. The van der Waals surface area contributed by atoms with E-state index in [-0.39, 0.29) is 5.78 Å². The fourth-order valence-corrected chi connectivity index (χ4v) is 1.24. The molecule has 0 aliphatic heterocycles. The zero-order valence-corrected chi connectivity index (χ0v) is 9.03. The molecule has 0 fully saturated rings. The van der Waals surface area contributed by atoms with Gasteiger partial charge in [0, 0.05) is 7.05 Å². The third-order valence-electron chi connectivity index (χ3n) is 2.32. The van der Waals surface area contributed by atoms with Crippen LogP contribution in [0.15, 0.2) is 11.6 Å². The summed E-state index contributed by atoms with van der Waals surface area (Å²) in [5.74, 6) is 1.13. The van der Waals surface area contributed by atoms with Crippen LogP contribution in [0.25, 0.3) is 0 Å². The summed E-state index contributed by atoms with van der Waals surface area (Å²) < 4.78 is 1.71. The van der Waals surface area contributed by atoms with Crippen molar-refractivity contribution in [3.8, 4) is 0 Å². The second kappa shape index (κ2) is 4.17. The largest absolute Gasteiger partial charge is 0.312 e. The van der Waals surface area contributed by atoms with Crippen LogP contribution >= 0.6 is 0 Å². The van der Waals surface area contributed by atoms with Crippen LogP contribution in [0.2, 0.25) is 0 Å². The van der Waals surface area contributed by atoms with Gasteiger partial charge in [-0.3, -0.25) is 4.79 Å². The molecule has 0 amide bonds. The monoisotopic (exact) mass is 193 g/mol. The van der Waals surface area contributed by atoms with Gasteiger partial charge in [-0.05, 0) is 25.8 Å². The van der Waals surface area contributed by atoms with Crippen LogP contribution in [0, 0.1) is 6.92 Å². The smallest absolute Gasteiger partial charge is 0.226 e. The maximum Gasteiger partial charge on any atom is 0.226 e. The molecule has 0 radical (unpaired) electrons. The summed E-state index contributed by atoms with van der Waals surface area (Å²) in [5, 5.41) is 7.71. The van der Waals surface area contributed by atoms with Crippen LogP contribution in [0.4, 0.5) is 0 Å². The molecule has 0 unspecified atom stereocenters. The van der Waals surface area contributed by atoms with E-state index in [1.807, 2.05) is 26.8 Å². The second-order valence-corrected chi connectivity index (χ2v) is 3.13. The number of hydrogen-bond donors (Lipinski definition) is 0. The van der Waals surface area contributed by atoms with Gasteiger partial charge in [-0.15, -0.1) is 10.2 Å². The molecule has 0 atom stereocenters. The lowest BCUT2D eigenvalue weighted by atomic mass is 10.1. The summed E-state index contributed by atoms with van der Waals surface area (Å²) in [6.45, 7) is 5.64. The van der Waals surface area contributed by atoms with Crippen molar-refractivity contribution in [3.05, 3.63) is 23.3 Å². The second-order valence-electron chi connectivity index (χ2n) is 3.13. The molecule has 0 bridgehead atoms. The maximum absolute atomic E-state index is 11.8. The first-order chi connectivity index (χ1) is 6.61. The number of carbonyl (C=O) groups is 1. The van der Waals surface area contributed by atoms with Gasteiger partial charge in [-0.1, -0.05) is 13.0 Å². The maximum atomic E-state index is 11.8. The minimum atomic E-state index is -0.0295. The van der Waals surface area contributed by atoms with E-state index in [1.165, 1.54) is 0 Å². The van der Waals surface area contributed by atoms with Gasteiger partial charge >= 0.3 is 0 Å². The van der Waals surface area contributed by atoms with Gasteiger partial charge in [0.05, 0.1) is 0 Å². The summed E-state index contributed by atoms with van der Waals surface area (Å²) in [4.78, 5) is 11.8. The lowest BCUT2D eigenvalue weighted by Gasteiger charge is -2.02. The molecule has 1 aromatic rings. The molecule has 0 N–H and O–H groups in total. The molecule has 0 spiro atoms. The topological polar surface area (TPSA) is 47.8 Å². The van der Waals surface area contributed by atoms with E-state index in [0.717, 1.165) is 17.8 Å². The first-order valence-corrected chi connectivity index (χ1v) is 4.67. The Hall–Kier alpha value is -1.45. The van der Waals surface area contributed by atoms with Crippen LogP contribution in [-0.4, -0.2) is 20.5 Å². The van der Waals surface area contributed by atoms with Gasteiger partial charge < -0.3 is 4.57 Å². The van der Waals surface area contributed by atoms with Gasteiger partial charge in [-0.2, -0.15) is 0 Å². The number of Topliss-reactive ketones (excluding diaryl/α,β-unsaturated/α-hetero) is 1. The highest BCUT2D eigenvalue weighted by Gasteiger charge is 2.16. The molecule has 0 aromatic carbocycles. The number of hydrogen-bond acceptors (Lipinski definition) is 3. The number of nitrogens with zero attached hydrogens (tertiary/aromatic N) is 3. The normalized spacial score (nSPS) is 11.9. The molecule has 0 saturated carbocycles. The van der Waals surface area contributed by atoms with Crippen molar-refractivity contribution in [1.82, 2.24) is 14.8 Å². The van der Waals surface area contributed by atoms with Crippen molar-refractivity contribution in [2.24, 2.45) is 7.05 Å². The Morgan fingerprint density at radius 1 is 1.50 bits per heavy atom. The number of rotatable bonds is 3. The summed E-state index contributed by atoms with van der Waals surface area (Å²) in [6, 6.07) is 0. The Labute approximate surface area is 83.6 Å². The molecule has 14 heavy (non-hydrogen) atoms. The van der Waals surface area contributed by atoms with E-state index < -0.39 is 0 Å². The Kier molecular flexibility index (Phi) is 3.17. The number of aryl methyl sites for hydroxylation is 1. The number of ketones is 1. The van der Waals surface area contributed by atoms with Crippen LogP contribution in [-0.2, 0) is 7.05 Å². The van der Waals surface area contributed by atoms with Crippen molar-refractivity contribution in [1.29, 1.82) is 0 Å². The highest BCUT2D eigenvalue weighted by Crippen LogP contribution is 2.09. The fraction of sp³-hybridized carbons (Fsp3) is 0.500. The van der Waals surface area contributed by atoms with E-state index in [2.05, 4.69) is 10.2 Å².